The van der Waals surface area contributed by atoms with E-state index in [0.717, 1.165) is 24.0 Å². The Kier molecular flexibility index (Phi) is 5.73. The molecule has 0 saturated heterocycles. The maximum absolute atomic E-state index is 11.4. The zero-order chi connectivity index (χ0) is 20.1. The first-order chi connectivity index (χ1) is 14.2. The van der Waals surface area contributed by atoms with E-state index in [1.807, 2.05) is 18.2 Å². The fraction of sp³-hybridized carbons (Fsp3) is 0.160. The largest absolute Gasteiger partial charge is 0.489 e. The molecular formula is C25H23NO3. The Morgan fingerprint density at radius 3 is 2.38 bits per heavy atom. The van der Waals surface area contributed by atoms with Crippen molar-refractivity contribution in [1.82, 2.24) is 4.90 Å². The Labute approximate surface area is 170 Å². The molecule has 0 N–H and O–H groups in total. The summed E-state index contributed by atoms with van der Waals surface area (Å²) in [4.78, 5) is 13.7. The summed E-state index contributed by atoms with van der Waals surface area (Å²) < 4.78 is 11.1. The van der Waals surface area contributed by atoms with Crippen molar-refractivity contribution in [2.75, 3.05) is 7.05 Å². The summed E-state index contributed by atoms with van der Waals surface area (Å²) in [5.74, 6) is 0.679. The molecule has 0 aliphatic rings. The van der Waals surface area contributed by atoms with Crippen LogP contribution in [0.15, 0.2) is 94.1 Å². The van der Waals surface area contributed by atoms with Crippen LogP contribution in [-0.2, 0) is 19.7 Å². The van der Waals surface area contributed by atoms with E-state index in [0.29, 0.717) is 17.9 Å². The van der Waals surface area contributed by atoms with Gasteiger partial charge < -0.3 is 9.15 Å². The molecule has 0 bridgehead atoms. The number of hydrogen-bond acceptors (Lipinski definition) is 4. The molecule has 1 aromatic heterocycles. The van der Waals surface area contributed by atoms with Gasteiger partial charge >= 0.3 is 5.63 Å². The van der Waals surface area contributed by atoms with E-state index < -0.39 is 0 Å². The lowest BCUT2D eigenvalue weighted by Gasteiger charge is -2.17. The number of rotatable bonds is 7. The minimum atomic E-state index is -0.359. The van der Waals surface area contributed by atoms with E-state index in [9.17, 15) is 4.79 Å². The molecule has 4 heteroatoms. The van der Waals surface area contributed by atoms with E-state index in [1.54, 1.807) is 12.1 Å². The SMILES string of the molecule is CN(Cc1ccccc1)Cc1cccc(COc2ccc3ccc(=O)oc3c2)c1. The van der Waals surface area contributed by atoms with Crippen LogP contribution in [-0.4, -0.2) is 11.9 Å². The number of hydrogen-bond donors (Lipinski definition) is 0. The molecule has 0 spiro atoms. The van der Waals surface area contributed by atoms with Crippen LogP contribution in [0.2, 0.25) is 0 Å². The molecule has 146 valence electrons. The normalized spacial score (nSPS) is 11.1. The van der Waals surface area contributed by atoms with Crippen LogP contribution >= 0.6 is 0 Å². The van der Waals surface area contributed by atoms with Gasteiger partial charge in [-0.05, 0) is 41.9 Å². The highest BCUT2D eigenvalue weighted by atomic mass is 16.5. The molecule has 29 heavy (non-hydrogen) atoms. The van der Waals surface area contributed by atoms with Gasteiger partial charge in [0.1, 0.15) is 17.9 Å². The quantitative estimate of drug-likeness (QED) is 0.420. The van der Waals surface area contributed by atoms with Crippen molar-refractivity contribution in [3.05, 3.63) is 112 Å². The molecule has 0 radical (unpaired) electrons. The van der Waals surface area contributed by atoms with Crippen molar-refractivity contribution in [2.24, 2.45) is 0 Å². The summed E-state index contributed by atoms with van der Waals surface area (Å²) >= 11 is 0. The highest BCUT2D eigenvalue weighted by molar-refractivity contribution is 5.77. The smallest absolute Gasteiger partial charge is 0.336 e. The summed E-state index contributed by atoms with van der Waals surface area (Å²) in [6, 6.07) is 27.6. The molecule has 0 atom stereocenters. The lowest BCUT2D eigenvalue weighted by Crippen LogP contribution is -2.17. The lowest BCUT2D eigenvalue weighted by atomic mass is 10.1. The Hall–Kier alpha value is -3.37. The Bertz CT molecular complexity index is 1150. The van der Waals surface area contributed by atoms with Gasteiger partial charge in [0.25, 0.3) is 0 Å². The third kappa shape index (κ3) is 5.12. The molecule has 4 nitrogen and oxygen atoms in total. The highest BCUT2D eigenvalue weighted by Crippen LogP contribution is 2.21. The predicted molar refractivity (Wildman–Crippen MR) is 115 cm³/mol. The molecular weight excluding hydrogens is 362 g/mol. The van der Waals surface area contributed by atoms with Gasteiger partial charge in [0.15, 0.2) is 0 Å². The molecule has 4 aromatic rings. The monoisotopic (exact) mass is 385 g/mol. The van der Waals surface area contributed by atoms with E-state index in [4.69, 9.17) is 9.15 Å². The first kappa shape index (κ1) is 19.0. The minimum absolute atomic E-state index is 0.359. The topological polar surface area (TPSA) is 42.7 Å². The number of fused-ring (bicyclic) bond motifs is 1. The zero-order valence-corrected chi connectivity index (χ0v) is 16.4. The summed E-state index contributed by atoms with van der Waals surface area (Å²) in [5, 5.41) is 0.875. The predicted octanol–water partition coefficient (Wildman–Crippen LogP) is 5.00. The highest BCUT2D eigenvalue weighted by Gasteiger charge is 2.05. The second-order valence-corrected chi connectivity index (χ2v) is 7.22. The molecule has 1 heterocycles. The van der Waals surface area contributed by atoms with Crippen molar-refractivity contribution >= 4 is 11.0 Å². The second kappa shape index (κ2) is 8.76. The van der Waals surface area contributed by atoms with Gasteiger partial charge in [-0.1, -0.05) is 54.6 Å². The Morgan fingerprint density at radius 1 is 0.793 bits per heavy atom. The van der Waals surface area contributed by atoms with E-state index in [1.165, 1.54) is 17.2 Å². The third-order valence-corrected chi connectivity index (χ3v) is 4.74. The van der Waals surface area contributed by atoms with Crippen molar-refractivity contribution in [2.45, 2.75) is 19.7 Å². The van der Waals surface area contributed by atoms with Gasteiger partial charge in [0.05, 0.1) is 0 Å². The Morgan fingerprint density at radius 2 is 1.52 bits per heavy atom. The van der Waals surface area contributed by atoms with E-state index in [2.05, 4.69) is 60.5 Å². The first-order valence-corrected chi connectivity index (χ1v) is 9.63. The molecule has 0 amide bonds. The minimum Gasteiger partial charge on any atom is -0.489 e. The van der Waals surface area contributed by atoms with Gasteiger partial charge in [-0.15, -0.1) is 0 Å². The maximum Gasteiger partial charge on any atom is 0.336 e. The van der Waals surface area contributed by atoms with Crippen molar-refractivity contribution in [3.8, 4) is 5.75 Å². The van der Waals surface area contributed by atoms with Gasteiger partial charge in [-0.2, -0.15) is 0 Å². The average molecular weight is 385 g/mol. The molecule has 3 aromatic carbocycles. The molecule has 0 aliphatic carbocycles. The van der Waals surface area contributed by atoms with E-state index in [-0.39, 0.29) is 5.63 Å². The number of ether oxygens (including phenoxy) is 1. The molecule has 0 aliphatic heterocycles. The number of nitrogens with zero attached hydrogens (tertiary/aromatic N) is 1. The summed E-state index contributed by atoms with van der Waals surface area (Å²) in [7, 11) is 2.12. The molecule has 0 fully saturated rings. The van der Waals surface area contributed by atoms with Crippen LogP contribution in [0.1, 0.15) is 16.7 Å². The van der Waals surface area contributed by atoms with Crippen LogP contribution in [0.25, 0.3) is 11.0 Å². The van der Waals surface area contributed by atoms with Gasteiger partial charge in [0.2, 0.25) is 0 Å². The first-order valence-electron chi connectivity index (χ1n) is 9.63. The van der Waals surface area contributed by atoms with Crippen molar-refractivity contribution < 1.29 is 9.15 Å². The fourth-order valence-electron chi connectivity index (χ4n) is 3.38. The average Bonchev–Trinajstić information content (AvgIpc) is 2.73. The summed E-state index contributed by atoms with van der Waals surface area (Å²) in [6.07, 6.45) is 0. The van der Waals surface area contributed by atoms with Crippen LogP contribution < -0.4 is 10.4 Å². The van der Waals surface area contributed by atoms with Crippen LogP contribution in [0, 0.1) is 0 Å². The van der Waals surface area contributed by atoms with Crippen LogP contribution in [0.5, 0.6) is 5.75 Å². The van der Waals surface area contributed by atoms with E-state index >= 15 is 0 Å². The van der Waals surface area contributed by atoms with Gasteiger partial charge in [-0.3, -0.25) is 4.90 Å². The molecule has 0 saturated carbocycles. The van der Waals surface area contributed by atoms with Crippen LogP contribution in [0.3, 0.4) is 0 Å². The molecule has 4 rings (SSSR count). The van der Waals surface area contributed by atoms with Gasteiger partial charge in [0, 0.05) is 30.6 Å². The molecule has 0 unspecified atom stereocenters. The second-order valence-electron chi connectivity index (χ2n) is 7.22. The summed E-state index contributed by atoms with van der Waals surface area (Å²) in [6.45, 7) is 2.23. The fourth-order valence-corrected chi connectivity index (χ4v) is 3.38. The van der Waals surface area contributed by atoms with Gasteiger partial charge in [-0.25, -0.2) is 4.79 Å². The van der Waals surface area contributed by atoms with Crippen LogP contribution in [0.4, 0.5) is 0 Å². The maximum atomic E-state index is 11.4. The standard InChI is InChI=1S/C25H23NO3/c1-26(16-19-6-3-2-4-7-19)17-20-8-5-9-21(14-20)18-28-23-12-10-22-11-13-25(27)29-24(22)15-23/h2-15H,16-18H2,1H3. The lowest BCUT2D eigenvalue weighted by molar-refractivity contribution is 0.304. The Balaban J connectivity index is 1.39. The zero-order valence-electron chi connectivity index (χ0n) is 16.4. The van der Waals surface area contributed by atoms with Crippen molar-refractivity contribution in [3.63, 3.8) is 0 Å². The summed E-state index contributed by atoms with van der Waals surface area (Å²) in [5.41, 5.74) is 3.82. The van der Waals surface area contributed by atoms with Crippen molar-refractivity contribution in [1.29, 1.82) is 0 Å². The number of benzene rings is 3. The third-order valence-electron chi connectivity index (χ3n) is 4.74.